The van der Waals surface area contributed by atoms with Gasteiger partial charge >= 0.3 is 0 Å². The molecule has 0 bridgehead atoms. The molecule has 0 aromatic heterocycles. The van der Waals surface area contributed by atoms with E-state index in [1.165, 1.54) is 33.5 Å². The van der Waals surface area contributed by atoms with Gasteiger partial charge in [-0.3, -0.25) is 9.89 Å². The number of rotatable bonds is 0. The van der Waals surface area contributed by atoms with E-state index >= 15 is 0 Å². The summed E-state index contributed by atoms with van der Waals surface area (Å²) in [7, 11) is 2.17. The molecule has 1 aliphatic carbocycles. The Bertz CT molecular complexity index is 730. The lowest BCUT2D eigenvalue weighted by Gasteiger charge is -2.31. The van der Waals surface area contributed by atoms with Crippen molar-refractivity contribution in [1.29, 1.82) is 0 Å². The van der Waals surface area contributed by atoms with E-state index in [2.05, 4.69) is 68.3 Å². The third kappa shape index (κ3) is 1.46. The highest BCUT2D eigenvalue weighted by Gasteiger charge is 2.38. The summed E-state index contributed by atoms with van der Waals surface area (Å²) in [4.78, 5) is 7.27. The maximum Gasteiger partial charge on any atom is 0.100 e. The number of fused-ring (bicyclic) bond motifs is 6. The topological polar surface area (TPSA) is 15.6 Å². The van der Waals surface area contributed by atoms with Gasteiger partial charge in [0.15, 0.2) is 0 Å². The van der Waals surface area contributed by atoms with Crippen LogP contribution in [0, 0.1) is 6.92 Å². The molecule has 2 nitrogen and oxygen atoms in total. The summed E-state index contributed by atoms with van der Waals surface area (Å²) in [6.45, 7) is 4.33. The molecule has 2 atom stereocenters. The fraction of sp³-hybridized carbons (Fsp3) is 0.278. The predicted octanol–water partition coefficient (Wildman–Crippen LogP) is 3.80. The van der Waals surface area contributed by atoms with Crippen molar-refractivity contribution >= 4 is 5.71 Å². The van der Waals surface area contributed by atoms with Crippen molar-refractivity contribution in [1.82, 2.24) is 4.90 Å². The van der Waals surface area contributed by atoms with E-state index in [-0.39, 0.29) is 6.17 Å². The summed E-state index contributed by atoms with van der Waals surface area (Å²) < 4.78 is 0. The number of aryl methyl sites for hydroxylation is 1. The fourth-order valence-electron chi connectivity index (χ4n) is 3.45. The summed E-state index contributed by atoms with van der Waals surface area (Å²) in [5.41, 5.74) is 7.92. The van der Waals surface area contributed by atoms with Gasteiger partial charge in [-0.15, -0.1) is 0 Å². The predicted molar refractivity (Wildman–Crippen MR) is 83.1 cm³/mol. The van der Waals surface area contributed by atoms with Crippen LogP contribution in [0.3, 0.4) is 0 Å². The molecule has 2 aromatic carbocycles. The summed E-state index contributed by atoms with van der Waals surface area (Å²) in [5.74, 6) is 0. The van der Waals surface area contributed by atoms with Crippen LogP contribution in [0.25, 0.3) is 11.1 Å². The average Bonchev–Trinajstić information content (AvgIpc) is 2.75. The zero-order valence-electron chi connectivity index (χ0n) is 12.1. The van der Waals surface area contributed by atoms with Crippen molar-refractivity contribution in [3.05, 3.63) is 59.2 Å². The normalized spacial score (nSPS) is 23.9. The van der Waals surface area contributed by atoms with Gasteiger partial charge in [-0.05, 0) is 37.6 Å². The first-order valence-electron chi connectivity index (χ1n) is 7.17. The number of benzene rings is 2. The molecule has 20 heavy (non-hydrogen) atoms. The van der Waals surface area contributed by atoms with E-state index < -0.39 is 0 Å². The van der Waals surface area contributed by atoms with Gasteiger partial charge in [-0.25, -0.2) is 0 Å². The standard InChI is InChI=1S/C18H18N2/c1-11-8-9-14-13-6-4-5-7-15(13)17-18(16(14)10-11)20(3)12(2)19-17/h4-10,12,18H,1-3H3. The number of likely N-dealkylation sites (N-methyl/N-ethyl adjacent to an activating group) is 1. The summed E-state index contributed by atoms with van der Waals surface area (Å²) >= 11 is 0. The lowest BCUT2D eigenvalue weighted by atomic mass is 9.80. The van der Waals surface area contributed by atoms with E-state index in [0.717, 1.165) is 0 Å². The Hall–Kier alpha value is -1.93. The Morgan fingerprint density at radius 3 is 2.55 bits per heavy atom. The molecule has 2 aliphatic rings. The first-order valence-corrected chi connectivity index (χ1v) is 7.17. The quantitative estimate of drug-likeness (QED) is 0.705. The SMILES string of the molecule is Cc1ccc2c(c1)C1C(=NC(C)N1C)c1ccccc1-2. The molecule has 0 amide bonds. The fourth-order valence-corrected chi connectivity index (χ4v) is 3.45. The minimum Gasteiger partial charge on any atom is -0.272 e. The Morgan fingerprint density at radius 1 is 1.00 bits per heavy atom. The molecule has 0 N–H and O–H groups in total. The van der Waals surface area contributed by atoms with Crippen LogP contribution in [0.15, 0.2) is 47.5 Å². The van der Waals surface area contributed by atoms with Gasteiger partial charge in [0, 0.05) is 5.56 Å². The molecule has 0 saturated heterocycles. The smallest absolute Gasteiger partial charge is 0.100 e. The van der Waals surface area contributed by atoms with Crippen LogP contribution in [0.1, 0.15) is 29.7 Å². The van der Waals surface area contributed by atoms with Gasteiger partial charge in [-0.2, -0.15) is 0 Å². The summed E-state index contributed by atoms with van der Waals surface area (Å²) in [6.07, 6.45) is 0.245. The average molecular weight is 262 g/mol. The van der Waals surface area contributed by atoms with Gasteiger partial charge < -0.3 is 0 Å². The second-order valence-electron chi connectivity index (χ2n) is 5.85. The summed E-state index contributed by atoms with van der Waals surface area (Å²) in [6, 6.07) is 15.7. The molecular weight excluding hydrogens is 244 g/mol. The Labute approximate surface area is 119 Å². The highest BCUT2D eigenvalue weighted by atomic mass is 15.3. The van der Waals surface area contributed by atoms with Gasteiger partial charge in [0.05, 0.1) is 11.8 Å². The molecule has 100 valence electrons. The molecule has 0 fully saturated rings. The second-order valence-corrected chi connectivity index (χ2v) is 5.85. The largest absolute Gasteiger partial charge is 0.272 e. The molecule has 2 heteroatoms. The molecular formula is C18H18N2. The number of nitrogens with zero attached hydrogens (tertiary/aromatic N) is 2. The van der Waals surface area contributed by atoms with Gasteiger partial charge in [0.1, 0.15) is 6.17 Å². The maximum atomic E-state index is 4.90. The van der Waals surface area contributed by atoms with Crippen LogP contribution < -0.4 is 0 Å². The lowest BCUT2D eigenvalue weighted by molar-refractivity contribution is 0.263. The molecule has 2 unspecified atom stereocenters. The van der Waals surface area contributed by atoms with Gasteiger partial charge in [0.25, 0.3) is 0 Å². The van der Waals surface area contributed by atoms with Crippen molar-refractivity contribution in [2.45, 2.75) is 26.1 Å². The zero-order chi connectivity index (χ0) is 13.9. The van der Waals surface area contributed by atoms with Crippen molar-refractivity contribution in [3.63, 3.8) is 0 Å². The van der Waals surface area contributed by atoms with Crippen LogP contribution >= 0.6 is 0 Å². The molecule has 1 aliphatic heterocycles. The van der Waals surface area contributed by atoms with E-state index in [0.29, 0.717) is 6.04 Å². The minimum atomic E-state index is 0.245. The van der Waals surface area contributed by atoms with Crippen molar-refractivity contribution in [2.24, 2.45) is 4.99 Å². The number of hydrogen-bond acceptors (Lipinski definition) is 2. The molecule has 4 rings (SSSR count). The van der Waals surface area contributed by atoms with Crippen molar-refractivity contribution < 1.29 is 0 Å². The molecule has 2 aromatic rings. The van der Waals surface area contributed by atoms with Crippen LogP contribution in [-0.2, 0) is 0 Å². The number of hydrogen-bond donors (Lipinski definition) is 0. The van der Waals surface area contributed by atoms with E-state index in [1.807, 2.05) is 0 Å². The first kappa shape index (κ1) is 11.9. The molecule has 0 spiro atoms. The van der Waals surface area contributed by atoms with E-state index in [1.54, 1.807) is 0 Å². The van der Waals surface area contributed by atoms with Crippen LogP contribution in [0.4, 0.5) is 0 Å². The van der Waals surface area contributed by atoms with E-state index in [9.17, 15) is 0 Å². The van der Waals surface area contributed by atoms with E-state index in [4.69, 9.17) is 4.99 Å². The van der Waals surface area contributed by atoms with Crippen LogP contribution in [0.5, 0.6) is 0 Å². The van der Waals surface area contributed by atoms with Crippen molar-refractivity contribution in [3.8, 4) is 11.1 Å². The highest BCUT2D eigenvalue weighted by molar-refractivity contribution is 6.13. The van der Waals surface area contributed by atoms with Gasteiger partial charge in [-0.1, -0.05) is 48.0 Å². The molecule has 0 radical (unpaired) electrons. The third-order valence-electron chi connectivity index (χ3n) is 4.58. The number of aliphatic imine (C=N–C) groups is 1. The molecule has 0 saturated carbocycles. The van der Waals surface area contributed by atoms with Crippen LogP contribution in [0.2, 0.25) is 0 Å². The zero-order valence-corrected chi connectivity index (χ0v) is 12.1. The monoisotopic (exact) mass is 262 g/mol. The minimum absolute atomic E-state index is 0.245. The Kier molecular flexibility index (Phi) is 2.39. The third-order valence-corrected chi connectivity index (χ3v) is 4.58. The Morgan fingerprint density at radius 2 is 1.75 bits per heavy atom. The first-order chi connectivity index (χ1) is 9.66. The van der Waals surface area contributed by atoms with Crippen molar-refractivity contribution in [2.75, 3.05) is 7.05 Å². The Balaban J connectivity index is 2.06. The maximum absolute atomic E-state index is 4.90. The summed E-state index contributed by atoms with van der Waals surface area (Å²) in [5, 5.41) is 0. The molecule has 1 heterocycles. The van der Waals surface area contributed by atoms with Crippen LogP contribution in [-0.4, -0.2) is 23.8 Å². The van der Waals surface area contributed by atoms with Gasteiger partial charge in [0.2, 0.25) is 0 Å². The highest BCUT2D eigenvalue weighted by Crippen LogP contribution is 2.44. The lowest BCUT2D eigenvalue weighted by Crippen LogP contribution is -2.31. The second kappa shape index (κ2) is 4.03.